The summed E-state index contributed by atoms with van der Waals surface area (Å²) in [4.78, 5) is 8.57. The van der Waals surface area contributed by atoms with E-state index in [2.05, 4.69) is 20.4 Å². The molecule has 0 aliphatic carbocycles. The predicted molar refractivity (Wildman–Crippen MR) is 61.7 cm³/mol. The Morgan fingerprint density at radius 2 is 2.00 bits per heavy atom. The fourth-order valence-corrected chi connectivity index (χ4v) is 1.70. The monoisotopic (exact) mass is 217 g/mol. The van der Waals surface area contributed by atoms with Gasteiger partial charge in [0, 0.05) is 37.7 Å². The lowest BCUT2D eigenvalue weighted by Crippen LogP contribution is -2.06. The van der Waals surface area contributed by atoms with E-state index in [0.29, 0.717) is 0 Å². The van der Waals surface area contributed by atoms with Crippen LogP contribution in [0.3, 0.4) is 0 Å². The van der Waals surface area contributed by atoms with Crippen molar-refractivity contribution in [2.75, 3.05) is 7.05 Å². The molecule has 0 saturated heterocycles. The molecule has 5 nitrogen and oxygen atoms in total. The third-order valence-electron chi connectivity index (χ3n) is 2.38. The molecule has 84 valence electrons. The number of nitrogens with one attached hydrogen (secondary N) is 1. The predicted octanol–water partition coefficient (Wildman–Crippen LogP) is 0.905. The summed E-state index contributed by atoms with van der Waals surface area (Å²) in [5.74, 6) is 0. The van der Waals surface area contributed by atoms with Gasteiger partial charge in [0.2, 0.25) is 0 Å². The van der Waals surface area contributed by atoms with Gasteiger partial charge in [0.1, 0.15) is 11.4 Å². The molecule has 0 aliphatic heterocycles. The maximum absolute atomic E-state index is 4.43. The highest BCUT2D eigenvalue weighted by molar-refractivity contribution is 5.60. The molecule has 0 atom stereocenters. The van der Waals surface area contributed by atoms with Gasteiger partial charge in [0.05, 0.1) is 5.69 Å². The summed E-state index contributed by atoms with van der Waals surface area (Å²) < 4.78 is 1.80. The molecule has 0 unspecified atom stereocenters. The number of aromatic nitrogens is 4. The second kappa shape index (κ2) is 4.40. The Morgan fingerprint density at radius 1 is 1.25 bits per heavy atom. The van der Waals surface area contributed by atoms with Crippen molar-refractivity contribution in [1.29, 1.82) is 0 Å². The van der Waals surface area contributed by atoms with Crippen molar-refractivity contribution in [3.63, 3.8) is 0 Å². The van der Waals surface area contributed by atoms with Gasteiger partial charge in [-0.25, -0.2) is 0 Å². The summed E-state index contributed by atoms with van der Waals surface area (Å²) in [7, 11) is 3.83. The molecule has 0 bridgehead atoms. The van der Waals surface area contributed by atoms with E-state index in [9.17, 15) is 0 Å². The fourth-order valence-electron chi connectivity index (χ4n) is 1.70. The highest BCUT2D eigenvalue weighted by Crippen LogP contribution is 2.21. The minimum Gasteiger partial charge on any atom is -0.316 e. The molecular formula is C11H15N5. The second-order valence-corrected chi connectivity index (χ2v) is 3.70. The zero-order chi connectivity index (χ0) is 11.5. The number of aryl methyl sites for hydroxylation is 2. The van der Waals surface area contributed by atoms with Crippen LogP contribution in [0.2, 0.25) is 0 Å². The molecule has 0 saturated carbocycles. The summed E-state index contributed by atoms with van der Waals surface area (Å²) in [5, 5.41) is 7.56. The van der Waals surface area contributed by atoms with Gasteiger partial charge in [-0.2, -0.15) is 5.10 Å². The number of hydrogen-bond acceptors (Lipinski definition) is 4. The van der Waals surface area contributed by atoms with Crippen molar-refractivity contribution in [2.24, 2.45) is 7.05 Å². The molecule has 2 aromatic heterocycles. The zero-order valence-electron chi connectivity index (χ0n) is 9.73. The molecular weight excluding hydrogens is 202 g/mol. The zero-order valence-corrected chi connectivity index (χ0v) is 9.73. The Labute approximate surface area is 94.5 Å². The minimum absolute atomic E-state index is 0.777. The van der Waals surface area contributed by atoms with Crippen LogP contribution < -0.4 is 5.32 Å². The molecule has 0 radical (unpaired) electrons. The summed E-state index contributed by atoms with van der Waals surface area (Å²) in [6, 6.07) is 0. The molecule has 0 spiro atoms. The lowest BCUT2D eigenvalue weighted by molar-refractivity contribution is 0.765. The second-order valence-electron chi connectivity index (χ2n) is 3.70. The van der Waals surface area contributed by atoms with Crippen LogP contribution in [0.5, 0.6) is 0 Å². The standard InChI is InChI=1S/C11H15N5/c1-8-10(14-5-4-13-8)11-9(6-12-2)7-16(3)15-11/h4-5,7,12H,6H2,1-3H3. The maximum atomic E-state index is 4.43. The lowest BCUT2D eigenvalue weighted by atomic mass is 10.1. The van der Waals surface area contributed by atoms with Crippen molar-refractivity contribution in [1.82, 2.24) is 25.1 Å². The molecule has 1 N–H and O–H groups in total. The van der Waals surface area contributed by atoms with Gasteiger partial charge >= 0.3 is 0 Å². The first-order valence-electron chi connectivity index (χ1n) is 5.17. The Kier molecular flexibility index (Phi) is 2.96. The van der Waals surface area contributed by atoms with E-state index in [1.54, 1.807) is 17.1 Å². The van der Waals surface area contributed by atoms with E-state index in [0.717, 1.165) is 29.2 Å². The number of hydrogen-bond donors (Lipinski definition) is 1. The van der Waals surface area contributed by atoms with Gasteiger partial charge in [-0.15, -0.1) is 0 Å². The van der Waals surface area contributed by atoms with Gasteiger partial charge in [0.25, 0.3) is 0 Å². The minimum atomic E-state index is 0.777. The van der Waals surface area contributed by atoms with E-state index in [1.165, 1.54) is 0 Å². The summed E-state index contributed by atoms with van der Waals surface area (Å²) in [6.45, 7) is 2.72. The molecule has 0 fully saturated rings. The molecule has 0 amide bonds. The Morgan fingerprint density at radius 3 is 2.69 bits per heavy atom. The van der Waals surface area contributed by atoms with Crippen LogP contribution in [-0.4, -0.2) is 26.8 Å². The van der Waals surface area contributed by atoms with E-state index in [4.69, 9.17) is 0 Å². The van der Waals surface area contributed by atoms with Crippen LogP contribution in [0.25, 0.3) is 11.4 Å². The summed E-state index contributed by atoms with van der Waals surface area (Å²) in [5.41, 5.74) is 3.79. The largest absolute Gasteiger partial charge is 0.316 e. The third-order valence-corrected chi connectivity index (χ3v) is 2.38. The van der Waals surface area contributed by atoms with Crippen molar-refractivity contribution in [3.05, 3.63) is 29.8 Å². The lowest BCUT2D eigenvalue weighted by Gasteiger charge is -2.02. The normalized spacial score (nSPS) is 10.7. The average Bonchev–Trinajstić information content (AvgIpc) is 2.61. The number of nitrogens with zero attached hydrogens (tertiary/aromatic N) is 4. The van der Waals surface area contributed by atoms with Crippen molar-refractivity contribution in [2.45, 2.75) is 13.5 Å². The molecule has 2 heterocycles. The molecule has 16 heavy (non-hydrogen) atoms. The third kappa shape index (κ3) is 1.94. The Balaban J connectivity index is 2.51. The van der Waals surface area contributed by atoms with Gasteiger partial charge in [-0.05, 0) is 14.0 Å². The van der Waals surface area contributed by atoms with Crippen LogP contribution in [0.15, 0.2) is 18.6 Å². The topological polar surface area (TPSA) is 55.6 Å². The average molecular weight is 217 g/mol. The van der Waals surface area contributed by atoms with Gasteiger partial charge in [-0.1, -0.05) is 0 Å². The molecule has 5 heteroatoms. The van der Waals surface area contributed by atoms with Crippen LogP contribution in [0.1, 0.15) is 11.3 Å². The highest BCUT2D eigenvalue weighted by atomic mass is 15.3. The Hall–Kier alpha value is -1.75. The molecule has 2 aromatic rings. The van der Waals surface area contributed by atoms with Gasteiger partial charge in [0.15, 0.2) is 0 Å². The van der Waals surface area contributed by atoms with Crippen molar-refractivity contribution in [3.8, 4) is 11.4 Å². The van der Waals surface area contributed by atoms with Gasteiger partial charge in [-0.3, -0.25) is 14.6 Å². The Bertz CT molecular complexity index is 489. The molecule has 2 rings (SSSR count). The van der Waals surface area contributed by atoms with Crippen LogP contribution in [-0.2, 0) is 13.6 Å². The first-order valence-corrected chi connectivity index (χ1v) is 5.17. The van der Waals surface area contributed by atoms with Crippen molar-refractivity contribution < 1.29 is 0 Å². The molecule has 0 aliphatic rings. The highest BCUT2D eigenvalue weighted by Gasteiger charge is 2.13. The molecule has 0 aromatic carbocycles. The summed E-state index contributed by atoms with van der Waals surface area (Å²) in [6.07, 6.45) is 5.39. The first kappa shape index (κ1) is 10.8. The SMILES string of the molecule is CNCc1cn(C)nc1-c1nccnc1C. The van der Waals surface area contributed by atoms with Crippen molar-refractivity contribution >= 4 is 0 Å². The van der Waals surface area contributed by atoms with E-state index in [1.807, 2.05) is 27.2 Å². The van der Waals surface area contributed by atoms with E-state index in [-0.39, 0.29) is 0 Å². The van der Waals surface area contributed by atoms with Crippen LogP contribution in [0.4, 0.5) is 0 Å². The van der Waals surface area contributed by atoms with E-state index < -0.39 is 0 Å². The fraction of sp³-hybridized carbons (Fsp3) is 0.364. The number of rotatable bonds is 3. The van der Waals surface area contributed by atoms with Crippen LogP contribution in [0, 0.1) is 6.92 Å². The van der Waals surface area contributed by atoms with E-state index >= 15 is 0 Å². The summed E-state index contributed by atoms with van der Waals surface area (Å²) >= 11 is 0. The maximum Gasteiger partial charge on any atom is 0.117 e. The quantitative estimate of drug-likeness (QED) is 0.830. The first-order chi connectivity index (χ1) is 7.72. The van der Waals surface area contributed by atoms with Crippen LogP contribution >= 0.6 is 0 Å². The smallest absolute Gasteiger partial charge is 0.117 e. The van der Waals surface area contributed by atoms with Gasteiger partial charge < -0.3 is 5.32 Å².